The maximum absolute atomic E-state index is 11.5. The van der Waals surface area contributed by atoms with E-state index in [0.717, 1.165) is 46.8 Å². The first-order chi connectivity index (χ1) is 16.1. The van der Waals surface area contributed by atoms with E-state index in [4.69, 9.17) is 19.4 Å². The number of benzene rings is 1. The van der Waals surface area contributed by atoms with Gasteiger partial charge in [-0.1, -0.05) is 12.1 Å². The molecule has 2 aromatic heterocycles. The number of pyridine rings is 1. The number of imidazole rings is 1. The summed E-state index contributed by atoms with van der Waals surface area (Å²) in [6.45, 7) is 7.29. The summed E-state index contributed by atoms with van der Waals surface area (Å²) in [6.07, 6.45) is 5.96. The molecule has 172 valence electrons. The summed E-state index contributed by atoms with van der Waals surface area (Å²) in [7, 11) is 1.66. The molecular weight excluding hydrogens is 418 g/mol. The molecule has 2 aliphatic rings. The van der Waals surface area contributed by atoms with Gasteiger partial charge in [0.05, 0.1) is 25.3 Å². The number of rotatable bonds is 6. The van der Waals surface area contributed by atoms with Gasteiger partial charge >= 0.3 is 0 Å². The standard InChI is InChI=1S/C25H29N5O3/c1-4-18-10-8-16(2)30(18)22-11-9-17(12-26-22)25-28-20-6-5-7-21(32-3)24(20)29(25)14-19-13-27-23(31)15-33-19/h4-7,9,11-12,16,18-19H,1,8,10,13-15H2,2-3H3,(H,27,31)/t16-,18-,19-/m0/s1. The summed E-state index contributed by atoms with van der Waals surface area (Å²) in [5, 5.41) is 2.88. The van der Waals surface area contributed by atoms with Crippen LogP contribution < -0.4 is 15.0 Å². The number of anilines is 1. The van der Waals surface area contributed by atoms with Crippen molar-refractivity contribution in [1.29, 1.82) is 0 Å². The largest absolute Gasteiger partial charge is 0.494 e. The molecule has 8 nitrogen and oxygen atoms in total. The van der Waals surface area contributed by atoms with Crippen LogP contribution in [-0.4, -0.2) is 58.9 Å². The SMILES string of the molecule is C=C[C@H]1CC[C@H](C)N1c1ccc(-c2nc3cccc(OC)c3n2C[C@@H]2CNC(=O)CO2)cn1. The second-order valence-electron chi connectivity index (χ2n) is 8.65. The van der Waals surface area contributed by atoms with Gasteiger partial charge in [-0.3, -0.25) is 4.79 Å². The molecule has 0 saturated carbocycles. The number of fused-ring (bicyclic) bond motifs is 1. The van der Waals surface area contributed by atoms with E-state index in [1.165, 1.54) is 0 Å². The van der Waals surface area contributed by atoms with Gasteiger partial charge in [0.15, 0.2) is 0 Å². The Balaban J connectivity index is 1.53. The van der Waals surface area contributed by atoms with Crippen molar-refractivity contribution in [1.82, 2.24) is 19.9 Å². The van der Waals surface area contributed by atoms with E-state index in [1.807, 2.05) is 30.5 Å². The summed E-state index contributed by atoms with van der Waals surface area (Å²) >= 11 is 0. The Labute approximate surface area is 193 Å². The van der Waals surface area contributed by atoms with Crippen LogP contribution in [-0.2, 0) is 16.1 Å². The smallest absolute Gasteiger partial charge is 0.246 e. The summed E-state index contributed by atoms with van der Waals surface area (Å²) in [4.78, 5) is 23.6. The number of para-hydroxylation sites is 1. The Morgan fingerprint density at radius 1 is 1.30 bits per heavy atom. The molecule has 0 bridgehead atoms. The zero-order valence-electron chi connectivity index (χ0n) is 19.0. The van der Waals surface area contributed by atoms with Crippen molar-refractivity contribution in [2.45, 2.75) is 44.5 Å². The van der Waals surface area contributed by atoms with Crippen LogP contribution in [0.5, 0.6) is 5.75 Å². The number of morpholine rings is 1. The van der Waals surface area contributed by atoms with Crippen molar-refractivity contribution in [3.05, 3.63) is 49.2 Å². The van der Waals surface area contributed by atoms with Gasteiger partial charge in [-0.15, -0.1) is 6.58 Å². The quantitative estimate of drug-likeness (QED) is 0.585. The van der Waals surface area contributed by atoms with E-state index >= 15 is 0 Å². The first-order valence-electron chi connectivity index (χ1n) is 11.4. The zero-order chi connectivity index (χ0) is 22.9. The minimum absolute atomic E-state index is 0.0680. The molecule has 8 heteroatoms. The Bertz CT molecular complexity index is 1160. The number of hydrogen-bond acceptors (Lipinski definition) is 6. The third kappa shape index (κ3) is 3.95. The van der Waals surface area contributed by atoms with Crippen LogP contribution in [0, 0.1) is 0 Å². The number of amides is 1. The molecule has 33 heavy (non-hydrogen) atoms. The Hall–Kier alpha value is -3.39. The Kier molecular flexibility index (Phi) is 5.76. The van der Waals surface area contributed by atoms with E-state index in [1.54, 1.807) is 7.11 Å². The summed E-state index contributed by atoms with van der Waals surface area (Å²) in [6, 6.07) is 10.7. The van der Waals surface area contributed by atoms with Gasteiger partial charge in [0.1, 0.15) is 29.5 Å². The van der Waals surface area contributed by atoms with Crippen molar-refractivity contribution in [3.8, 4) is 17.1 Å². The Morgan fingerprint density at radius 2 is 2.18 bits per heavy atom. The van der Waals surface area contributed by atoms with E-state index in [-0.39, 0.29) is 18.6 Å². The van der Waals surface area contributed by atoms with Crippen LogP contribution in [0.25, 0.3) is 22.4 Å². The summed E-state index contributed by atoms with van der Waals surface area (Å²) in [5.74, 6) is 2.40. The number of carbonyl (C=O) groups is 1. The monoisotopic (exact) mass is 447 g/mol. The average Bonchev–Trinajstić information content (AvgIpc) is 3.40. The molecule has 0 aliphatic carbocycles. The van der Waals surface area contributed by atoms with Crippen LogP contribution in [0.3, 0.4) is 0 Å². The van der Waals surface area contributed by atoms with Crippen LogP contribution in [0.15, 0.2) is 49.2 Å². The molecule has 0 spiro atoms. The number of ether oxygens (including phenoxy) is 2. The normalized spacial score (nSPS) is 23.0. The second kappa shape index (κ2) is 8.86. The lowest BCUT2D eigenvalue weighted by Crippen LogP contribution is -2.44. The zero-order valence-corrected chi connectivity index (χ0v) is 19.0. The van der Waals surface area contributed by atoms with Crippen molar-refractivity contribution in [3.63, 3.8) is 0 Å². The van der Waals surface area contributed by atoms with Crippen LogP contribution in [0.1, 0.15) is 19.8 Å². The van der Waals surface area contributed by atoms with Crippen molar-refractivity contribution < 1.29 is 14.3 Å². The highest BCUT2D eigenvalue weighted by atomic mass is 16.5. The molecule has 3 aromatic rings. The van der Waals surface area contributed by atoms with Gasteiger partial charge in [-0.2, -0.15) is 0 Å². The molecule has 3 atom stereocenters. The Morgan fingerprint density at radius 3 is 2.88 bits per heavy atom. The first kappa shape index (κ1) is 21.5. The number of hydrogen-bond donors (Lipinski definition) is 1. The lowest BCUT2D eigenvalue weighted by atomic mass is 10.2. The number of aromatic nitrogens is 3. The predicted molar refractivity (Wildman–Crippen MR) is 127 cm³/mol. The minimum Gasteiger partial charge on any atom is -0.494 e. The predicted octanol–water partition coefficient (Wildman–Crippen LogP) is 3.17. The number of methoxy groups -OCH3 is 1. The minimum atomic E-state index is -0.158. The summed E-state index contributed by atoms with van der Waals surface area (Å²) < 4.78 is 13.5. The highest BCUT2D eigenvalue weighted by Gasteiger charge is 2.30. The van der Waals surface area contributed by atoms with Gasteiger partial charge in [-0.25, -0.2) is 9.97 Å². The maximum Gasteiger partial charge on any atom is 0.246 e. The molecule has 1 amide bonds. The maximum atomic E-state index is 11.5. The lowest BCUT2D eigenvalue weighted by molar-refractivity contribution is -0.133. The molecule has 2 fully saturated rings. The lowest BCUT2D eigenvalue weighted by Gasteiger charge is -2.28. The molecule has 1 N–H and O–H groups in total. The van der Waals surface area contributed by atoms with Crippen molar-refractivity contribution in [2.75, 3.05) is 25.2 Å². The molecule has 2 aliphatic heterocycles. The highest BCUT2D eigenvalue weighted by molar-refractivity contribution is 5.86. The first-order valence-corrected chi connectivity index (χ1v) is 11.4. The molecule has 0 unspecified atom stereocenters. The molecular formula is C25H29N5O3. The molecule has 4 heterocycles. The van der Waals surface area contributed by atoms with Crippen LogP contribution >= 0.6 is 0 Å². The van der Waals surface area contributed by atoms with Crippen molar-refractivity contribution >= 4 is 22.8 Å². The average molecular weight is 448 g/mol. The molecule has 1 aromatic carbocycles. The van der Waals surface area contributed by atoms with Gasteiger partial charge in [-0.05, 0) is 44.0 Å². The van der Waals surface area contributed by atoms with E-state index in [9.17, 15) is 4.79 Å². The fourth-order valence-electron chi connectivity index (χ4n) is 4.88. The topological polar surface area (TPSA) is 81.5 Å². The third-order valence-electron chi connectivity index (χ3n) is 6.57. The van der Waals surface area contributed by atoms with Crippen molar-refractivity contribution in [2.24, 2.45) is 0 Å². The van der Waals surface area contributed by atoms with E-state index < -0.39 is 0 Å². The number of nitrogens with zero attached hydrogens (tertiary/aromatic N) is 4. The van der Waals surface area contributed by atoms with Gasteiger partial charge < -0.3 is 24.3 Å². The van der Waals surface area contributed by atoms with Crippen LogP contribution in [0.4, 0.5) is 5.82 Å². The highest BCUT2D eigenvalue weighted by Crippen LogP contribution is 2.34. The fourth-order valence-corrected chi connectivity index (χ4v) is 4.88. The van der Waals surface area contributed by atoms with E-state index in [0.29, 0.717) is 25.2 Å². The fraction of sp³-hybridized carbons (Fsp3) is 0.400. The second-order valence-corrected chi connectivity index (χ2v) is 8.65. The van der Waals surface area contributed by atoms with Gasteiger partial charge in [0, 0.05) is 30.4 Å². The molecule has 0 radical (unpaired) electrons. The number of nitrogens with one attached hydrogen (secondary N) is 1. The summed E-state index contributed by atoms with van der Waals surface area (Å²) in [5.41, 5.74) is 2.66. The van der Waals surface area contributed by atoms with Crippen LogP contribution in [0.2, 0.25) is 0 Å². The van der Waals surface area contributed by atoms with Gasteiger partial charge in [0.25, 0.3) is 0 Å². The third-order valence-corrected chi connectivity index (χ3v) is 6.57. The molecule has 2 saturated heterocycles. The van der Waals surface area contributed by atoms with Gasteiger partial charge in [0.2, 0.25) is 5.91 Å². The number of carbonyl (C=O) groups excluding carboxylic acids is 1. The van der Waals surface area contributed by atoms with E-state index in [2.05, 4.69) is 40.4 Å². The molecule has 5 rings (SSSR count).